The number of nitrogens with zero attached hydrogens (tertiary/aromatic N) is 2. The summed E-state index contributed by atoms with van der Waals surface area (Å²) in [5.74, 6) is 0. The van der Waals surface area contributed by atoms with Crippen molar-refractivity contribution in [2.75, 3.05) is 20.1 Å². The number of hydrogen-bond acceptors (Lipinski definition) is 3. The predicted octanol–water partition coefficient (Wildman–Crippen LogP) is 0.959. The average Bonchev–Trinajstić information content (AvgIpc) is 2.11. The summed E-state index contributed by atoms with van der Waals surface area (Å²) >= 11 is 0. The fourth-order valence-electron chi connectivity index (χ4n) is 1.84. The zero-order valence-electron chi connectivity index (χ0n) is 8.58. The van der Waals surface area contributed by atoms with Crippen LogP contribution in [0.5, 0.6) is 0 Å². The molecule has 0 aromatic carbocycles. The van der Waals surface area contributed by atoms with Crippen LogP contribution in [-0.4, -0.2) is 31.1 Å². The van der Waals surface area contributed by atoms with Gasteiger partial charge in [0.1, 0.15) is 0 Å². The Hall–Kier alpha value is -0.590. The second-order valence-corrected chi connectivity index (χ2v) is 4.43. The molecule has 1 saturated heterocycles. The second kappa shape index (κ2) is 4.08. The van der Waals surface area contributed by atoms with Gasteiger partial charge in [0.2, 0.25) is 0 Å². The summed E-state index contributed by atoms with van der Waals surface area (Å²) in [6.07, 6.45) is 2.72. The Morgan fingerprint density at radius 1 is 1.54 bits per heavy atom. The number of rotatable bonds is 2. The van der Waals surface area contributed by atoms with Gasteiger partial charge in [0, 0.05) is 6.04 Å². The van der Waals surface area contributed by atoms with Gasteiger partial charge in [-0.05, 0) is 38.4 Å². The minimum Gasteiger partial charge on any atom is -0.326 e. The standard InChI is InChI=1S/C10H19N3/c1-10(9(12)3-6-11)4-7-13(2)8-5-10/h9H,3-5,7-8,12H2,1-2H3. The highest BCUT2D eigenvalue weighted by Crippen LogP contribution is 2.34. The van der Waals surface area contributed by atoms with E-state index in [1.165, 1.54) is 0 Å². The van der Waals surface area contributed by atoms with Gasteiger partial charge >= 0.3 is 0 Å². The molecule has 13 heavy (non-hydrogen) atoms. The molecular formula is C10H19N3. The molecule has 3 nitrogen and oxygen atoms in total. The number of piperidine rings is 1. The molecule has 1 heterocycles. The van der Waals surface area contributed by atoms with E-state index >= 15 is 0 Å². The average molecular weight is 181 g/mol. The maximum Gasteiger partial charge on any atom is 0.0638 e. The van der Waals surface area contributed by atoms with E-state index in [9.17, 15) is 0 Å². The Morgan fingerprint density at radius 2 is 2.08 bits per heavy atom. The quantitative estimate of drug-likeness (QED) is 0.690. The van der Waals surface area contributed by atoms with Crippen molar-refractivity contribution in [3.05, 3.63) is 0 Å². The summed E-state index contributed by atoms with van der Waals surface area (Å²) in [4.78, 5) is 2.32. The van der Waals surface area contributed by atoms with Crippen LogP contribution in [0, 0.1) is 16.7 Å². The van der Waals surface area contributed by atoms with E-state index in [0.29, 0.717) is 6.42 Å². The Morgan fingerprint density at radius 3 is 2.54 bits per heavy atom. The largest absolute Gasteiger partial charge is 0.326 e. The Balaban J connectivity index is 2.52. The van der Waals surface area contributed by atoms with Crippen molar-refractivity contribution in [2.24, 2.45) is 11.1 Å². The van der Waals surface area contributed by atoms with E-state index in [-0.39, 0.29) is 11.5 Å². The lowest BCUT2D eigenvalue weighted by atomic mass is 9.73. The van der Waals surface area contributed by atoms with Crippen molar-refractivity contribution in [3.63, 3.8) is 0 Å². The van der Waals surface area contributed by atoms with Gasteiger partial charge in [-0.2, -0.15) is 5.26 Å². The zero-order chi connectivity index (χ0) is 9.90. The summed E-state index contributed by atoms with van der Waals surface area (Å²) < 4.78 is 0. The van der Waals surface area contributed by atoms with Crippen molar-refractivity contribution >= 4 is 0 Å². The van der Waals surface area contributed by atoms with Crippen LogP contribution in [0.25, 0.3) is 0 Å². The minimum absolute atomic E-state index is 0.0474. The van der Waals surface area contributed by atoms with Gasteiger partial charge in [-0.15, -0.1) is 0 Å². The van der Waals surface area contributed by atoms with Crippen molar-refractivity contribution in [1.82, 2.24) is 4.90 Å². The van der Waals surface area contributed by atoms with Crippen LogP contribution in [-0.2, 0) is 0 Å². The van der Waals surface area contributed by atoms with Crippen LogP contribution in [0.1, 0.15) is 26.2 Å². The van der Waals surface area contributed by atoms with Gasteiger partial charge in [0.05, 0.1) is 12.5 Å². The fourth-order valence-corrected chi connectivity index (χ4v) is 1.84. The zero-order valence-corrected chi connectivity index (χ0v) is 8.58. The Bertz CT molecular complexity index is 199. The van der Waals surface area contributed by atoms with Gasteiger partial charge in [0.15, 0.2) is 0 Å². The number of nitriles is 1. The molecule has 0 amide bonds. The third-order valence-corrected chi connectivity index (χ3v) is 3.34. The van der Waals surface area contributed by atoms with E-state index in [2.05, 4.69) is 24.9 Å². The number of likely N-dealkylation sites (tertiary alicyclic amines) is 1. The van der Waals surface area contributed by atoms with Crippen LogP contribution in [0.2, 0.25) is 0 Å². The minimum atomic E-state index is 0.0474. The smallest absolute Gasteiger partial charge is 0.0638 e. The lowest BCUT2D eigenvalue weighted by Gasteiger charge is -2.41. The summed E-state index contributed by atoms with van der Waals surface area (Å²) in [6, 6.07) is 2.21. The van der Waals surface area contributed by atoms with Crippen LogP contribution in [0.4, 0.5) is 0 Å². The van der Waals surface area contributed by atoms with Gasteiger partial charge < -0.3 is 10.6 Å². The maximum atomic E-state index is 8.59. The molecule has 0 spiro atoms. The van der Waals surface area contributed by atoms with E-state index < -0.39 is 0 Å². The molecule has 0 aromatic heterocycles. The number of hydrogen-bond donors (Lipinski definition) is 1. The van der Waals surface area contributed by atoms with Crippen molar-refractivity contribution in [2.45, 2.75) is 32.2 Å². The Kier molecular flexibility index (Phi) is 3.29. The molecule has 0 saturated carbocycles. The third kappa shape index (κ3) is 2.43. The van der Waals surface area contributed by atoms with Crippen LogP contribution in [0.15, 0.2) is 0 Å². The normalized spacial score (nSPS) is 25.1. The molecule has 1 fully saturated rings. The molecule has 74 valence electrons. The van der Waals surface area contributed by atoms with E-state index in [1.807, 2.05) is 0 Å². The molecule has 0 aromatic rings. The molecule has 1 aliphatic heterocycles. The Labute approximate surface area is 80.5 Å². The second-order valence-electron chi connectivity index (χ2n) is 4.43. The van der Waals surface area contributed by atoms with E-state index in [1.54, 1.807) is 0 Å². The van der Waals surface area contributed by atoms with Gasteiger partial charge in [-0.3, -0.25) is 0 Å². The lowest BCUT2D eigenvalue weighted by molar-refractivity contribution is 0.113. The van der Waals surface area contributed by atoms with Gasteiger partial charge in [-0.25, -0.2) is 0 Å². The topological polar surface area (TPSA) is 53.0 Å². The molecule has 0 radical (unpaired) electrons. The van der Waals surface area contributed by atoms with Crippen LogP contribution < -0.4 is 5.73 Å². The fraction of sp³-hybridized carbons (Fsp3) is 0.900. The molecule has 1 rings (SSSR count). The van der Waals surface area contributed by atoms with Crippen molar-refractivity contribution in [1.29, 1.82) is 5.26 Å². The highest BCUT2D eigenvalue weighted by atomic mass is 15.1. The summed E-state index contributed by atoms with van der Waals surface area (Å²) in [5, 5.41) is 8.59. The monoisotopic (exact) mass is 181 g/mol. The van der Waals surface area contributed by atoms with E-state index in [0.717, 1.165) is 25.9 Å². The van der Waals surface area contributed by atoms with Crippen molar-refractivity contribution < 1.29 is 0 Å². The van der Waals surface area contributed by atoms with Gasteiger partial charge in [0.25, 0.3) is 0 Å². The maximum absolute atomic E-state index is 8.59. The molecule has 0 bridgehead atoms. The first kappa shape index (κ1) is 10.5. The third-order valence-electron chi connectivity index (χ3n) is 3.34. The van der Waals surface area contributed by atoms with Crippen molar-refractivity contribution in [3.8, 4) is 6.07 Å². The van der Waals surface area contributed by atoms with Crippen LogP contribution >= 0.6 is 0 Å². The summed E-state index contributed by atoms with van der Waals surface area (Å²) in [6.45, 7) is 4.42. The molecule has 0 aliphatic carbocycles. The molecule has 1 aliphatic rings. The molecule has 3 heteroatoms. The highest BCUT2D eigenvalue weighted by Gasteiger charge is 2.34. The highest BCUT2D eigenvalue weighted by molar-refractivity contribution is 4.94. The first-order chi connectivity index (χ1) is 6.08. The first-order valence-electron chi connectivity index (χ1n) is 4.89. The lowest BCUT2D eigenvalue weighted by Crippen LogP contribution is -2.46. The summed E-state index contributed by atoms with van der Waals surface area (Å²) in [5.41, 5.74) is 6.18. The molecular weight excluding hydrogens is 162 g/mol. The predicted molar refractivity (Wildman–Crippen MR) is 53.0 cm³/mol. The van der Waals surface area contributed by atoms with Gasteiger partial charge in [-0.1, -0.05) is 6.92 Å². The first-order valence-corrected chi connectivity index (χ1v) is 4.89. The van der Waals surface area contributed by atoms with E-state index in [4.69, 9.17) is 11.0 Å². The SMILES string of the molecule is CN1CCC(C)(C(N)CC#N)CC1. The molecule has 2 N–H and O–H groups in total. The van der Waals surface area contributed by atoms with Crippen LogP contribution in [0.3, 0.4) is 0 Å². The molecule has 1 unspecified atom stereocenters. The molecule has 1 atom stereocenters. The summed E-state index contributed by atoms with van der Waals surface area (Å²) in [7, 11) is 2.13. The number of nitrogens with two attached hydrogens (primary N) is 1.